The highest BCUT2D eigenvalue weighted by molar-refractivity contribution is 7.91. The average molecular weight is 292 g/mol. The van der Waals surface area contributed by atoms with Crippen molar-refractivity contribution >= 4 is 32.4 Å². The molecule has 1 amide bonds. The summed E-state index contributed by atoms with van der Waals surface area (Å²) in [4.78, 5) is 11.7. The Morgan fingerprint density at radius 3 is 2.44 bits per heavy atom. The van der Waals surface area contributed by atoms with E-state index in [1.165, 1.54) is 0 Å². The van der Waals surface area contributed by atoms with E-state index in [0.717, 1.165) is 11.3 Å². The molecule has 2 N–H and O–H groups in total. The molecular weight excluding hydrogens is 276 g/mol. The third-order valence-corrected chi connectivity index (χ3v) is 4.62. The second kappa shape index (κ2) is 5.29. The van der Waals surface area contributed by atoms with E-state index in [9.17, 15) is 13.2 Å². The molecule has 1 heterocycles. The van der Waals surface area contributed by atoms with Crippen molar-refractivity contribution in [2.45, 2.75) is 32.0 Å². The highest BCUT2D eigenvalue weighted by atomic mass is 32.2. The summed E-state index contributed by atoms with van der Waals surface area (Å²) < 4.78 is 25.4. The van der Waals surface area contributed by atoms with Crippen LogP contribution in [-0.2, 0) is 14.8 Å². The van der Waals surface area contributed by atoms with E-state index >= 15 is 0 Å². The zero-order chi connectivity index (χ0) is 14.0. The van der Waals surface area contributed by atoms with Crippen LogP contribution in [0.1, 0.15) is 27.7 Å². The van der Waals surface area contributed by atoms with Crippen LogP contribution in [0.2, 0.25) is 0 Å². The van der Waals surface area contributed by atoms with Gasteiger partial charge in [0.25, 0.3) is 10.0 Å². The molecule has 18 heavy (non-hydrogen) atoms. The van der Waals surface area contributed by atoms with Gasteiger partial charge >= 0.3 is 0 Å². The van der Waals surface area contributed by atoms with Crippen LogP contribution in [-0.4, -0.2) is 31.1 Å². The van der Waals surface area contributed by atoms with E-state index in [0.29, 0.717) is 0 Å². The lowest BCUT2D eigenvalue weighted by atomic mass is 9.96. The summed E-state index contributed by atoms with van der Waals surface area (Å²) >= 11 is 0.820. The third-order valence-electron chi connectivity index (χ3n) is 1.87. The average Bonchev–Trinajstić information content (AvgIpc) is 2.65. The number of anilines is 1. The maximum Gasteiger partial charge on any atom is 0.269 e. The van der Waals surface area contributed by atoms with Gasteiger partial charge in [-0.15, -0.1) is 10.2 Å². The molecule has 0 bridgehead atoms. The first-order valence-corrected chi connectivity index (χ1v) is 7.61. The van der Waals surface area contributed by atoms with E-state index in [4.69, 9.17) is 0 Å². The summed E-state index contributed by atoms with van der Waals surface area (Å²) in [5.41, 5.74) is -0.577. The quantitative estimate of drug-likeness (QED) is 0.800. The Morgan fingerprint density at radius 1 is 1.33 bits per heavy atom. The van der Waals surface area contributed by atoms with Crippen molar-refractivity contribution in [2.75, 3.05) is 11.9 Å². The molecule has 0 radical (unpaired) electrons. The fraction of sp³-hybridized carbons (Fsp3) is 0.667. The number of sulfonamides is 1. The van der Waals surface area contributed by atoms with Crippen LogP contribution in [0.3, 0.4) is 0 Å². The standard InChI is InChI=1S/C9H16N4O3S2/c1-5-10-18(15,16)8-13-12-7(17-8)11-6(14)9(2,3)4/h10H,5H2,1-4H3,(H,11,12,14). The fourth-order valence-corrected chi connectivity index (χ4v) is 2.88. The fourth-order valence-electron chi connectivity index (χ4n) is 0.905. The Bertz CT molecular complexity index is 530. The third kappa shape index (κ3) is 3.72. The first-order valence-electron chi connectivity index (χ1n) is 5.31. The van der Waals surface area contributed by atoms with Gasteiger partial charge in [0, 0.05) is 12.0 Å². The molecule has 1 aromatic rings. The van der Waals surface area contributed by atoms with E-state index in [-0.39, 0.29) is 21.9 Å². The normalized spacial score (nSPS) is 12.4. The molecule has 0 fully saturated rings. The number of rotatable bonds is 4. The SMILES string of the molecule is CCNS(=O)(=O)c1nnc(NC(=O)C(C)(C)C)s1. The van der Waals surface area contributed by atoms with Crippen molar-refractivity contribution in [1.29, 1.82) is 0 Å². The maximum absolute atomic E-state index is 11.7. The van der Waals surface area contributed by atoms with Crippen LogP contribution in [0.5, 0.6) is 0 Å². The number of hydrogen-bond acceptors (Lipinski definition) is 6. The number of carbonyl (C=O) groups is 1. The highest BCUT2D eigenvalue weighted by Crippen LogP contribution is 2.22. The van der Waals surface area contributed by atoms with Crippen molar-refractivity contribution in [3.05, 3.63) is 0 Å². The monoisotopic (exact) mass is 292 g/mol. The van der Waals surface area contributed by atoms with Crippen molar-refractivity contribution in [1.82, 2.24) is 14.9 Å². The summed E-state index contributed by atoms with van der Waals surface area (Å²) in [6.45, 7) is 7.19. The number of amides is 1. The smallest absolute Gasteiger partial charge is 0.269 e. The zero-order valence-electron chi connectivity index (χ0n) is 10.6. The van der Waals surface area contributed by atoms with Crippen LogP contribution >= 0.6 is 11.3 Å². The Labute approximate surface area is 110 Å². The summed E-state index contributed by atoms with van der Waals surface area (Å²) in [6, 6.07) is 0. The van der Waals surface area contributed by atoms with Crippen LogP contribution in [0.4, 0.5) is 5.13 Å². The Hall–Kier alpha value is -1.06. The first kappa shape index (κ1) is 15.0. The Balaban J connectivity index is 2.85. The molecule has 0 saturated carbocycles. The Morgan fingerprint density at radius 2 is 1.94 bits per heavy atom. The number of aromatic nitrogens is 2. The van der Waals surface area contributed by atoms with E-state index in [2.05, 4.69) is 20.2 Å². The predicted molar refractivity (Wildman–Crippen MR) is 68.9 cm³/mol. The van der Waals surface area contributed by atoms with Gasteiger partial charge < -0.3 is 5.32 Å². The molecule has 7 nitrogen and oxygen atoms in total. The van der Waals surface area contributed by atoms with Gasteiger partial charge in [-0.2, -0.15) is 0 Å². The molecule has 102 valence electrons. The van der Waals surface area contributed by atoms with Gasteiger partial charge in [-0.25, -0.2) is 13.1 Å². The number of carbonyl (C=O) groups excluding carboxylic acids is 1. The molecule has 0 atom stereocenters. The Kier molecular flexibility index (Phi) is 4.41. The van der Waals surface area contributed by atoms with Gasteiger partial charge in [0.1, 0.15) is 0 Å². The second-order valence-electron chi connectivity index (χ2n) is 4.58. The molecule has 0 saturated heterocycles. The molecule has 1 aromatic heterocycles. The van der Waals surface area contributed by atoms with E-state index < -0.39 is 15.4 Å². The molecule has 0 spiro atoms. The minimum atomic E-state index is -3.62. The van der Waals surface area contributed by atoms with Crippen molar-refractivity contribution < 1.29 is 13.2 Å². The van der Waals surface area contributed by atoms with Crippen molar-refractivity contribution in [3.8, 4) is 0 Å². The largest absolute Gasteiger partial charge is 0.300 e. The van der Waals surface area contributed by atoms with Gasteiger partial charge in [-0.05, 0) is 0 Å². The van der Waals surface area contributed by atoms with Crippen molar-refractivity contribution in [3.63, 3.8) is 0 Å². The van der Waals surface area contributed by atoms with Crippen LogP contribution in [0.25, 0.3) is 0 Å². The van der Waals surface area contributed by atoms with Gasteiger partial charge in [-0.3, -0.25) is 4.79 Å². The first-order chi connectivity index (χ1) is 8.16. The zero-order valence-corrected chi connectivity index (χ0v) is 12.3. The van der Waals surface area contributed by atoms with E-state index in [1.807, 2.05) is 0 Å². The van der Waals surface area contributed by atoms with Gasteiger partial charge in [-0.1, -0.05) is 39.0 Å². The number of nitrogens with one attached hydrogen (secondary N) is 2. The summed E-state index contributed by atoms with van der Waals surface area (Å²) in [7, 11) is -3.62. The van der Waals surface area contributed by atoms with Crippen molar-refractivity contribution in [2.24, 2.45) is 5.41 Å². The minimum Gasteiger partial charge on any atom is -0.300 e. The van der Waals surface area contributed by atoms with Crippen LogP contribution in [0.15, 0.2) is 4.34 Å². The maximum atomic E-state index is 11.7. The molecule has 9 heteroatoms. The molecule has 0 aromatic carbocycles. The predicted octanol–water partition coefficient (Wildman–Crippen LogP) is 0.821. The van der Waals surface area contributed by atoms with E-state index in [1.54, 1.807) is 27.7 Å². The summed E-state index contributed by atoms with van der Waals surface area (Å²) in [5.74, 6) is -0.244. The minimum absolute atomic E-state index is 0.159. The molecule has 0 aliphatic carbocycles. The van der Waals surface area contributed by atoms with Crippen LogP contribution < -0.4 is 10.0 Å². The lowest BCUT2D eigenvalue weighted by molar-refractivity contribution is -0.123. The highest BCUT2D eigenvalue weighted by Gasteiger charge is 2.24. The molecule has 1 rings (SSSR count). The summed E-state index contributed by atoms with van der Waals surface area (Å²) in [6.07, 6.45) is 0. The molecule has 0 aliphatic heterocycles. The van der Waals surface area contributed by atoms with Crippen LogP contribution in [0, 0.1) is 5.41 Å². The lowest BCUT2D eigenvalue weighted by Crippen LogP contribution is -2.27. The molecular formula is C9H16N4O3S2. The second-order valence-corrected chi connectivity index (χ2v) is 7.50. The molecule has 0 aliphatic rings. The van der Waals surface area contributed by atoms with Gasteiger partial charge in [0.05, 0.1) is 0 Å². The van der Waals surface area contributed by atoms with Gasteiger partial charge in [0.2, 0.25) is 15.4 Å². The number of hydrogen-bond donors (Lipinski definition) is 2. The molecule has 0 unspecified atom stereocenters. The summed E-state index contributed by atoms with van der Waals surface area (Å²) in [5, 5.41) is 9.88. The topological polar surface area (TPSA) is 101 Å². The van der Waals surface area contributed by atoms with Gasteiger partial charge in [0.15, 0.2) is 0 Å². The number of nitrogens with zero attached hydrogens (tertiary/aromatic N) is 2. The lowest BCUT2D eigenvalue weighted by Gasteiger charge is -2.15.